The first-order chi connectivity index (χ1) is 13.2. The smallest absolute Gasteiger partial charge is 0.338 e. The third-order valence-corrected chi connectivity index (χ3v) is 4.65. The second-order valence-electron chi connectivity index (χ2n) is 6.82. The lowest BCUT2D eigenvalue weighted by atomic mass is 10.1. The summed E-state index contributed by atoms with van der Waals surface area (Å²) in [5.74, 6) is -1.12. The fourth-order valence-corrected chi connectivity index (χ4v) is 3.09. The molecular formula is C21H21ClO6. The van der Waals surface area contributed by atoms with Crippen LogP contribution in [0.5, 0.6) is 0 Å². The molecule has 0 aromatic heterocycles. The Balaban J connectivity index is 1.63. The molecule has 3 rings (SSSR count). The molecule has 3 atom stereocenters. The van der Waals surface area contributed by atoms with Gasteiger partial charge in [0, 0.05) is 0 Å². The Morgan fingerprint density at radius 3 is 2.07 bits per heavy atom. The number of carbonyl (C=O) groups is 2. The summed E-state index contributed by atoms with van der Waals surface area (Å²) in [6, 6.07) is 13.8. The van der Waals surface area contributed by atoms with Crippen molar-refractivity contribution in [2.45, 2.75) is 37.7 Å². The van der Waals surface area contributed by atoms with Gasteiger partial charge in [-0.1, -0.05) is 47.0 Å². The molecule has 2 aromatic carbocycles. The molecule has 1 N–H and O–H groups in total. The molecular weight excluding hydrogens is 384 g/mol. The summed E-state index contributed by atoms with van der Waals surface area (Å²) in [4.78, 5) is 24.5. The molecule has 0 radical (unpaired) electrons. The van der Waals surface area contributed by atoms with Crippen LogP contribution in [0.2, 0.25) is 0 Å². The van der Waals surface area contributed by atoms with Gasteiger partial charge in [-0.15, -0.1) is 0 Å². The molecule has 0 saturated carbocycles. The zero-order valence-corrected chi connectivity index (χ0v) is 16.3. The largest absolute Gasteiger partial charge is 0.459 e. The molecule has 0 spiro atoms. The van der Waals surface area contributed by atoms with Crippen molar-refractivity contribution in [1.29, 1.82) is 0 Å². The fourth-order valence-electron chi connectivity index (χ4n) is 2.82. The molecule has 7 heteroatoms. The Hall–Kier alpha value is -2.41. The Bertz CT molecular complexity index is 844. The number of hydrogen-bond donors (Lipinski definition) is 1. The number of rotatable bonds is 5. The van der Waals surface area contributed by atoms with Crippen molar-refractivity contribution in [3.63, 3.8) is 0 Å². The van der Waals surface area contributed by atoms with E-state index in [9.17, 15) is 14.7 Å². The summed E-state index contributed by atoms with van der Waals surface area (Å²) in [5.41, 5.74) is 2.78. The van der Waals surface area contributed by atoms with Gasteiger partial charge in [-0.25, -0.2) is 9.59 Å². The van der Waals surface area contributed by atoms with Crippen LogP contribution in [-0.2, 0) is 14.2 Å². The van der Waals surface area contributed by atoms with Crippen LogP contribution in [-0.4, -0.2) is 41.1 Å². The minimum Gasteiger partial charge on any atom is -0.459 e. The van der Waals surface area contributed by atoms with E-state index < -0.39 is 29.4 Å². The molecule has 0 unspecified atom stereocenters. The molecule has 2 aromatic rings. The Morgan fingerprint density at radius 2 is 1.54 bits per heavy atom. The number of alkyl halides is 1. The number of hydrogen-bond acceptors (Lipinski definition) is 6. The number of benzene rings is 2. The number of aryl methyl sites for hydroxylation is 2. The number of esters is 2. The molecule has 0 bridgehead atoms. The normalized spacial score (nSPS) is 24.0. The molecule has 0 amide bonds. The third kappa shape index (κ3) is 5.10. The van der Waals surface area contributed by atoms with Crippen LogP contribution in [0, 0.1) is 13.8 Å². The second-order valence-corrected chi connectivity index (χ2v) is 7.41. The first-order valence-corrected chi connectivity index (χ1v) is 9.22. The Kier molecular flexibility index (Phi) is 6.03. The van der Waals surface area contributed by atoms with E-state index in [4.69, 9.17) is 25.8 Å². The van der Waals surface area contributed by atoms with Gasteiger partial charge < -0.3 is 19.3 Å². The predicted molar refractivity (Wildman–Crippen MR) is 102 cm³/mol. The van der Waals surface area contributed by atoms with E-state index in [2.05, 4.69) is 0 Å². The van der Waals surface area contributed by atoms with E-state index in [0.29, 0.717) is 11.1 Å². The molecule has 28 heavy (non-hydrogen) atoms. The van der Waals surface area contributed by atoms with Crippen LogP contribution < -0.4 is 0 Å². The SMILES string of the molecule is Cc1ccc(C(=O)OC[C@H]2O[C@@](O)(Cl)C[C@@H]2OC(=O)c2ccc(C)cc2)cc1. The van der Waals surface area contributed by atoms with E-state index in [1.165, 1.54) is 0 Å². The maximum atomic E-state index is 12.3. The van der Waals surface area contributed by atoms with Crippen molar-refractivity contribution in [2.24, 2.45) is 0 Å². The summed E-state index contributed by atoms with van der Waals surface area (Å²) in [6.45, 7) is 3.61. The molecule has 148 valence electrons. The molecule has 1 saturated heterocycles. The van der Waals surface area contributed by atoms with E-state index >= 15 is 0 Å². The first-order valence-electron chi connectivity index (χ1n) is 8.84. The number of halogens is 1. The predicted octanol–water partition coefficient (Wildman–Crippen LogP) is 3.36. The summed E-state index contributed by atoms with van der Waals surface area (Å²) in [6.07, 6.45) is -1.88. The van der Waals surface area contributed by atoms with Gasteiger partial charge in [0.1, 0.15) is 18.8 Å². The highest BCUT2D eigenvalue weighted by Gasteiger charge is 2.47. The standard InChI is InChI=1S/C21H21ClO6/c1-13-3-7-15(8-4-13)19(23)26-12-18-17(11-21(22,25)28-18)27-20(24)16-9-5-14(2)6-10-16/h3-10,17-18,25H,11-12H2,1-2H3/t17-,18+,21+/m0/s1. The minimum atomic E-state index is -1.99. The average Bonchev–Trinajstić information content (AvgIpc) is 2.94. The van der Waals surface area contributed by atoms with Crippen molar-refractivity contribution in [3.8, 4) is 0 Å². The van der Waals surface area contributed by atoms with E-state index in [1.807, 2.05) is 13.8 Å². The van der Waals surface area contributed by atoms with Crippen LogP contribution in [0.4, 0.5) is 0 Å². The van der Waals surface area contributed by atoms with Crippen molar-refractivity contribution in [2.75, 3.05) is 6.61 Å². The van der Waals surface area contributed by atoms with E-state index in [-0.39, 0.29) is 13.0 Å². The Morgan fingerprint density at radius 1 is 1.04 bits per heavy atom. The number of carbonyl (C=O) groups excluding carboxylic acids is 2. The van der Waals surface area contributed by atoms with Gasteiger partial charge in [-0.3, -0.25) is 0 Å². The molecule has 1 aliphatic heterocycles. The highest BCUT2D eigenvalue weighted by molar-refractivity contribution is 6.21. The van der Waals surface area contributed by atoms with Gasteiger partial charge in [0.05, 0.1) is 17.5 Å². The number of aliphatic hydroxyl groups is 1. The molecule has 1 fully saturated rings. The van der Waals surface area contributed by atoms with Crippen molar-refractivity contribution in [3.05, 3.63) is 70.8 Å². The van der Waals surface area contributed by atoms with Gasteiger partial charge >= 0.3 is 11.9 Å². The van der Waals surface area contributed by atoms with Crippen molar-refractivity contribution >= 4 is 23.5 Å². The molecule has 1 aliphatic rings. The first kappa shape index (κ1) is 20.3. The average molecular weight is 405 g/mol. The monoisotopic (exact) mass is 404 g/mol. The zero-order valence-electron chi connectivity index (χ0n) is 15.6. The number of ether oxygens (including phenoxy) is 3. The van der Waals surface area contributed by atoms with Gasteiger partial charge in [0.25, 0.3) is 0 Å². The Labute approximate surface area is 168 Å². The lowest BCUT2D eigenvalue weighted by Crippen LogP contribution is -2.32. The highest BCUT2D eigenvalue weighted by atomic mass is 35.5. The van der Waals surface area contributed by atoms with Gasteiger partial charge in [-0.2, -0.15) is 0 Å². The maximum absolute atomic E-state index is 12.3. The summed E-state index contributed by atoms with van der Waals surface area (Å²) >= 11 is 5.86. The van der Waals surface area contributed by atoms with Crippen LogP contribution in [0.1, 0.15) is 38.3 Å². The zero-order chi connectivity index (χ0) is 20.3. The minimum absolute atomic E-state index is 0.140. The van der Waals surface area contributed by atoms with E-state index in [0.717, 1.165) is 11.1 Å². The van der Waals surface area contributed by atoms with Crippen LogP contribution in [0.25, 0.3) is 0 Å². The lowest BCUT2D eigenvalue weighted by molar-refractivity contribution is -0.140. The maximum Gasteiger partial charge on any atom is 0.338 e. The lowest BCUT2D eigenvalue weighted by Gasteiger charge is -2.19. The second kappa shape index (κ2) is 8.31. The highest BCUT2D eigenvalue weighted by Crippen LogP contribution is 2.34. The summed E-state index contributed by atoms with van der Waals surface area (Å²) in [5, 5.41) is 7.99. The van der Waals surface area contributed by atoms with Gasteiger partial charge in [0.15, 0.2) is 0 Å². The fraction of sp³-hybridized carbons (Fsp3) is 0.333. The van der Waals surface area contributed by atoms with Crippen molar-refractivity contribution < 1.29 is 28.9 Å². The molecule has 0 aliphatic carbocycles. The van der Waals surface area contributed by atoms with Crippen LogP contribution in [0.15, 0.2) is 48.5 Å². The van der Waals surface area contributed by atoms with Crippen LogP contribution in [0.3, 0.4) is 0 Å². The molecule has 6 nitrogen and oxygen atoms in total. The summed E-state index contributed by atoms with van der Waals surface area (Å²) in [7, 11) is 0. The topological polar surface area (TPSA) is 82.1 Å². The van der Waals surface area contributed by atoms with Crippen molar-refractivity contribution in [1.82, 2.24) is 0 Å². The van der Waals surface area contributed by atoms with Gasteiger partial charge in [-0.05, 0) is 38.1 Å². The van der Waals surface area contributed by atoms with Crippen LogP contribution >= 0.6 is 11.6 Å². The van der Waals surface area contributed by atoms with E-state index in [1.54, 1.807) is 48.5 Å². The summed E-state index contributed by atoms with van der Waals surface area (Å²) < 4.78 is 16.0. The third-order valence-electron chi connectivity index (χ3n) is 4.41. The molecule has 1 heterocycles. The van der Waals surface area contributed by atoms with Gasteiger partial charge in [0.2, 0.25) is 5.25 Å². The quantitative estimate of drug-likeness (QED) is 0.607.